The predicted octanol–water partition coefficient (Wildman–Crippen LogP) is 4.69. The topological polar surface area (TPSA) is 84.6 Å². The smallest absolute Gasteiger partial charge is 0.340 e. The third-order valence-electron chi connectivity index (χ3n) is 4.88. The Hall–Kier alpha value is -2.17. The third kappa shape index (κ3) is 9.92. The molecule has 0 spiro atoms. The number of aliphatic imine (C=N–C) groups is 1. The molecule has 0 fully saturated rings. The van der Waals surface area contributed by atoms with Gasteiger partial charge in [-0.05, 0) is 24.3 Å². The summed E-state index contributed by atoms with van der Waals surface area (Å²) in [6.07, 6.45) is 9.73. The van der Waals surface area contributed by atoms with Crippen molar-refractivity contribution in [3.63, 3.8) is 0 Å². The van der Waals surface area contributed by atoms with E-state index in [1.54, 1.807) is 6.21 Å². The van der Waals surface area contributed by atoms with Crippen molar-refractivity contribution in [1.29, 1.82) is 0 Å². The molecule has 0 saturated heterocycles. The van der Waals surface area contributed by atoms with Crippen LogP contribution < -0.4 is 11.1 Å². The van der Waals surface area contributed by atoms with Crippen LogP contribution in [-0.2, 0) is 4.79 Å². The molecule has 0 radical (unpaired) electrons. The van der Waals surface area contributed by atoms with Crippen molar-refractivity contribution < 1.29 is 9.59 Å². The number of carbonyl (C=O) groups is 2. The minimum absolute atomic E-state index is 0.0711. The fourth-order valence-corrected chi connectivity index (χ4v) is 3.26. The Morgan fingerprint density at radius 2 is 1.67 bits per heavy atom. The lowest BCUT2D eigenvalue weighted by atomic mass is 9.83. The Morgan fingerprint density at radius 3 is 2.26 bits per heavy atom. The van der Waals surface area contributed by atoms with E-state index in [0.717, 1.165) is 56.9 Å². The fourth-order valence-electron chi connectivity index (χ4n) is 3.26. The summed E-state index contributed by atoms with van der Waals surface area (Å²) in [6.45, 7) is 4.74. The molecule has 0 saturated carbocycles. The van der Waals surface area contributed by atoms with E-state index in [0.29, 0.717) is 6.54 Å². The molecule has 2 unspecified atom stereocenters. The van der Waals surface area contributed by atoms with Crippen molar-refractivity contribution in [3.05, 3.63) is 35.9 Å². The summed E-state index contributed by atoms with van der Waals surface area (Å²) < 4.78 is 0. The summed E-state index contributed by atoms with van der Waals surface area (Å²) in [5.74, 6) is -0.372. The maximum absolute atomic E-state index is 12.1. The molecule has 0 bridgehead atoms. The second-order valence-corrected chi connectivity index (χ2v) is 7.12. The summed E-state index contributed by atoms with van der Waals surface area (Å²) >= 11 is 0. The molecule has 0 aliphatic heterocycles. The van der Waals surface area contributed by atoms with Gasteiger partial charge in [0, 0.05) is 18.7 Å². The Balaban J connectivity index is 2.64. The van der Waals surface area contributed by atoms with Crippen LogP contribution >= 0.6 is 0 Å². The van der Waals surface area contributed by atoms with Crippen molar-refractivity contribution >= 4 is 18.2 Å². The van der Waals surface area contributed by atoms with Gasteiger partial charge in [-0.25, -0.2) is 9.79 Å². The van der Waals surface area contributed by atoms with Gasteiger partial charge >= 0.3 is 6.03 Å². The molecule has 2 atom stereocenters. The highest BCUT2D eigenvalue weighted by Crippen LogP contribution is 2.24. The summed E-state index contributed by atoms with van der Waals surface area (Å²) in [5.41, 5.74) is 6.56. The maximum Gasteiger partial charge on any atom is 0.340 e. The predicted molar refractivity (Wildman–Crippen MR) is 112 cm³/mol. The molecule has 1 rings (SSSR count). The Kier molecular flexibility index (Phi) is 11.8. The highest BCUT2D eigenvalue weighted by molar-refractivity contribution is 5.91. The fraction of sp³-hybridized carbons (Fsp3) is 0.591. The third-order valence-corrected chi connectivity index (χ3v) is 4.88. The molecule has 0 heterocycles. The quantitative estimate of drug-likeness (QED) is 0.388. The van der Waals surface area contributed by atoms with Crippen molar-refractivity contribution in [3.8, 4) is 0 Å². The first kappa shape index (κ1) is 22.9. The Morgan fingerprint density at radius 1 is 1.04 bits per heavy atom. The highest BCUT2D eigenvalue weighted by atomic mass is 16.2. The molecule has 3 amide bonds. The number of primary amides is 1. The van der Waals surface area contributed by atoms with E-state index < -0.39 is 0 Å². The number of hydrogen-bond donors (Lipinski definition) is 2. The standard InChI is InChI=1S/C22H35N3O2/c1-3-5-8-14-19(20(21(23)26)15-9-6-4-2)17-25-22(27)24-16-18-12-10-7-11-13-18/h7,10-13,16,19-20H,3-6,8-9,14-15,17H2,1-2H3,(H2,23,26)(H,25,27)/b24-16-. The summed E-state index contributed by atoms with van der Waals surface area (Å²) in [5, 5.41) is 2.86. The molecular weight excluding hydrogens is 338 g/mol. The van der Waals surface area contributed by atoms with Crippen LogP contribution in [0.1, 0.15) is 70.8 Å². The van der Waals surface area contributed by atoms with Crippen molar-refractivity contribution in [2.45, 2.75) is 65.2 Å². The number of carbonyl (C=O) groups excluding carboxylic acids is 2. The van der Waals surface area contributed by atoms with Gasteiger partial charge in [0.05, 0.1) is 0 Å². The molecule has 5 nitrogen and oxygen atoms in total. The van der Waals surface area contributed by atoms with Gasteiger partial charge in [-0.1, -0.05) is 82.7 Å². The molecule has 27 heavy (non-hydrogen) atoms. The van der Waals surface area contributed by atoms with Crippen LogP contribution in [0.25, 0.3) is 0 Å². The van der Waals surface area contributed by atoms with Crippen LogP contribution in [0.15, 0.2) is 35.3 Å². The Bertz CT molecular complexity index is 572. The van der Waals surface area contributed by atoms with E-state index in [1.807, 2.05) is 30.3 Å². The van der Waals surface area contributed by atoms with Crippen molar-refractivity contribution in [1.82, 2.24) is 5.32 Å². The lowest BCUT2D eigenvalue weighted by molar-refractivity contribution is -0.123. The zero-order valence-corrected chi connectivity index (χ0v) is 16.8. The van der Waals surface area contributed by atoms with Crippen LogP contribution in [-0.4, -0.2) is 24.7 Å². The van der Waals surface area contributed by atoms with Crippen LogP contribution in [0.5, 0.6) is 0 Å². The van der Waals surface area contributed by atoms with E-state index in [1.165, 1.54) is 0 Å². The lowest BCUT2D eigenvalue weighted by Gasteiger charge is -2.25. The van der Waals surface area contributed by atoms with Gasteiger partial charge < -0.3 is 11.1 Å². The second-order valence-electron chi connectivity index (χ2n) is 7.12. The summed E-state index contributed by atoms with van der Waals surface area (Å²) in [6, 6.07) is 9.12. The minimum Gasteiger partial charge on any atom is -0.369 e. The second kappa shape index (κ2) is 14.0. The first-order chi connectivity index (χ1) is 13.1. The number of amides is 3. The highest BCUT2D eigenvalue weighted by Gasteiger charge is 2.26. The summed E-state index contributed by atoms with van der Waals surface area (Å²) in [7, 11) is 0. The van der Waals surface area contributed by atoms with E-state index in [-0.39, 0.29) is 23.8 Å². The molecule has 0 aromatic heterocycles. The van der Waals surface area contributed by atoms with Crippen LogP contribution in [0.4, 0.5) is 4.79 Å². The van der Waals surface area contributed by atoms with Gasteiger partial charge in [0.25, 0.3) is 0 Å². The monoisotopic (exact) mass is 373 g/mol. The molecular formula is C22H35N3O2. The van der Waals surface area contributed by atoms with Crippen molar-refractivity contribution in [2.75, 3.05) is 6.54 Å². The molecule has 0 aliphatic rings. The van der Waals surface area contributed by atoms with Crippen LogP contribution in [0.3, 0.4) is 0 Å². The lowest BCUT2D eigenvalue weighted by Crippen LogP contribution is -2.37. The minimum atomic E-state index is -0.379. The molecule has 1 aromatic carbocycles. The van der Waals surface area contributed by atoms with Crippen molar-refractivity contribution in [2.24, 2.45) is 22.6 Å². The normalized spacial score (nSPS) is 13.4. The van der Waals surface area contributed by atoms with Gasteiger partial charge in [-0.2, -0.15) is 0 Å². The molecule has 0 aliphatic carbocycles. The largest absolute Gasteiger partial charge is 0.369 e. The van der Waals surface area contributed by atoms with Gasteiger partial charge in [-0.15, -0.1) is 0 Å². The van der Waals surface area contributed by atoms with E-state index in [9.17, 15) is 9.59 Å². The maximum atomic E-state index is 12.1. The number of hydrogen-bond acceptors (Lipinski definition) is 2. The van der Waals surface area contributed by atoms with Crippen LogP contribution in [0, 0.1) is 11.8 Å². The number of unbranched alkanes of at least 4 members (excludes halogenated alkanes) is 4. The molecule has 5 heteroatoms. The number of rotatable bonds is 13. The first-order valence-electron chi connectivity index (χ1n) is 10.2. The first-order valence-corrected chi connectivity index (χ1v) is 10.2. The SMILES string of the molecule is CCCCCC(CNC(=O)/N=C\c1ccccc1)C(CCCCC)C(N)=O. The van der Waals surface area contributed by atoms with E-state index >= 15 is 0 Å². The average molecular weight is 374 g/mol. The van der Waals surface area contributed by atoms with Gasteiger partial charge in [0.2, 0.25) is 5.91 Å². The van der Waals surface area contributed by atoms with E-state index in [4.69, 9.17) is 5.73 Å². The number of nitrogens with one attached hydrogen (secondary N) is 1. The zero-order chi connectivity index (χ0) is 19.9. The van der Waals surface area contributed by atoms with Gasteiger partial charge in [0.15, 0.2) is 0 Å². The van der Waals surface area contributed by atoms with E-state index in [2.05, 4.69) is 24.2 Å². The molecule has 1 aromatic rings. The number of nitrogens with zero attached hydrogens (tertiary/aromatic N) is 1. The van der Waals surface area contributed by atoms with Gasteiger partial charge in [0.1, 0.15) is 0 Å². The average Bonchev–Trinajstić information content (AvgIpc) is 2.67. The van der Waals surface area contributed by atoms with Gasteiger partial charge in [-0.3, -0.25) is 4.79 Å². The number of benzene rings is 1. The zero-order valence-electron chi connectivity index (χ0n) is 16.8. The Labute approximate surface area is 163 Å². The molecule has 150 valence electrons. The summed E-state index contributed by atoms with van der Waals surface area (Å²) in [4.78, 5) is 28.0. The number of nitrogens with two attached hydrogens (primary N) is 1. The van der Waals surface area contributed by atoms with Crippen LogP contribution in [0.2, 0.25) is 0 Å². The molecule has 3 N–H and O–H groups in total. The number of urea groups is 1.